The summed E-state index contributed by atoms with van der Waals surface area (Å²) in [7, 11) is 0. The van der Waals surface area contributed by atoms with Gasteiger partial charge in [0, 0.05) is 30.9 Å². The molecule has 0 bridgehead atoms. The second-order valence-electron chi connectivity index (χ2n) is 6.24. The van der Waals surface area contributed by atoms with Crippen LogP contribution in [0, 0.1) is 5.92 Å². The third-order valence-electron chi connectivity index (χ3n) is 3.64. The van der Waals surface area contributed by atoms with Gasteiger partial charge in [-0.25, -0.2) is 0 Å². The molecule has 0 aliphatic carbocycles. The Bertz CT molecular complexity index is 828. The first-order valence-electron chi connectivity index (χ1n) is 8.32. The predicted molar refractivity (Wildman–Crippen MR) is 97.1 cm³/mol. The average Bonchev–Trinajstić information content (AvgIpc) is 3.05. The van der Waals surface area contributed by atoms with Crippen molar-refractivity contribution in [2.75, 3.05) is 5.32 Å². The molecule has 0 aliphatic rings. The second kappa shape index (κ2) is 7.70. The number of nitrogens with zero attached hydrogens (tertiary/aromatic N) is 4. The van der Waals surface area contributed by atoms with Crippen LogP contribution in [-0.4, -0.2) is 25.7 Å². The van der Waals surface area contributed by atoms with Crippen molar-refractivity contribution in [1.29, 1.82) is 0 Å². The van der Waals surface area contributed by atoms with E-state index in [2.05, 4.69) is 20.4 Å². The van der Waals surface area contributed by atoms with Crippen LogP contribution < -0.4 is 5.32 Å². The molecule has 1 aromatic carbocycles. The van der Waals surface area contributed by atoms with Crippen LogP contribution >= 0.6 is 0 Å². The number of pyridine rings is 1. The molecule has 2 aromatic heterocycles. The molecule has 0 spiro atoms. The minimum atomic E-state index is -0.0757. The van der Waals surface area contributed by atoms with E-state index >= 15 is 0 Å². The van der Waals surface area contributed by atoms with Crippen LogP contribution in [0.2, 0.25) is 0 Å². The van der Waals surface area contributed by atoms with Crippen LogP contribution in [0.25, 0.3) is 11.4 Å². The van der Waals surface area contributed by atoms with Gasteiger partial charge in [-0.3, -0.25) is 9.78 Å². The maximum Gasteiger partial charge on any atom is 0.250 e. The monoisotopic (exact) mass is 335 g/mol. The second-order valence-corrected chi connectivity index (χ2v) is 6.24. The molecule has 0 saturated carbocycles. The van der Waals surface area contributed by atoms with Crippen molar-refractivity contribution in [2.45, 2.75) is 26.8 Å². The molecule has 128 valence electrons. The normalized spacial score (nSPS) is 10.8. The summed E-state index contributed by atoms with van der Waals surface area (Å²) in [5.74, 6) is 1.11. The van der Waals surface area contributed by atoms with E-state index in [0.29, 0.717) is 24.7 Å². The Balaban J connectivity index is 1.88. The Morgan fingerprint density at radius 3 is 2.64 bits per heavy atom. The molecule has 0 radical (unpaired) electrons. The predicted octanol–water partition coefficient (Wildman–Crippen LogP) is 3.64. The summed E-state index contributed by atoms with van der Waals surface area (Å²) in [6, 6.07) is 13.7. The van der Waals surface area contributed by atoms with E-state index in [9.17, 15) is 4.79 Å². The number of aromatic nitrogens is 4. The molecule has 3 aromatic rings. The van der Waals surface area contributed by atoms with Gasteiger partial charge in [-0.1, -0.05) is 44.2 Å². The van der Waals surface area contributed by atoms with Crippen LogP contribution in [0.15, 0.2) is 54.9 Å². The lowest BCUT2D eigenvalue weighted by Gasteiger charge is -2.08. The van der Waals surface area contributed by atoms with E-state index in [-0.39, 0.29) is 11.8 Å². The number of carbonyl (C=O) groups is 1. The summed E-state index contributed by atoms with van der Waals surface area (Å²) in [5, 5.41) is 7.62. The lowest BCUT2D eigenvalue weighted by molar-refractivity contribution is 0.0873. The first-order chi connectivity index (χ1) is 12.1. The fraction of sp³-hybridized carbons (Fsp3) is 0.263. The molecule has 0 atom stereocenters. The largest absolute Gasteiger partial charge is 0.350 e. The highest BCUT2D eigenvalue weighted by atomic mass is 16.2. The lowest BCUT2D eigenvalue weighted by Crippen LogP contribution is -2.18. The summed E-state index contributed by atoms with van der Waals surface area (Å²) < 4.78 is 1.37. The van der Waals surface area contributed by atoms with Crippen LogP contribution in [0.4, 0.5) is 5.95 Å². The Labute approximate surface area is 146 Å². The number of benzene rings is 1. The molecule has 6 nitrogen and oxygen atoms in total. The van der Waals surface area contributed by atoms with E-state index in [1.165, 1.54) is 4.68 Å². The van der Waals surface area contributed by atoms with E-state index < -0.39 is 0 Å². The number of nitrogens with one attached hydrogen (secondary N) is 1. The van der Waals surface area contributed by atoms with Crippen molar-refractivity contribution in [3.8, 4) is 11.4 Å². The van der Waals surface area contributed by atoms with Gasteiger partial charge < -0.3 is 5.32 Å². The van der Waals surface area contributed by atoms with Crippen molar-refractivity contribution in [1.82, 2.24) is 19.7 Å². The average molecular weight is 335 g/mol. The number of anilines is 1. The highest BCUT2D eigenvalue weighted by molar-refractivity contribution is 5.81. The summed E-state index contributed by atoms with van der Waals surface area (Å²) in [5.41, 5.74) is 1.89. The molecular weight excluding hydrogens is 314 g/mol. The van der Waals surface area contributed by atoms with Gasteiger partial charge in [0.05, 0.1) is 0 Å². The van der Waals surface area contributed by atoms with E-state index in [1.807, 2.05) is 56.3 Å². The SMILES string of the molecule is CC(C)CC(=O)n1nc(-c2cccnc2)nc1NCc1ccccc1. The fourth-order valence-corrected chi connectivity index (χ4v) is 2.43. The molecule has 6 heteroatoms. The Morgan fingerprint density at radius 1 is 1.16 bits per heavy atom. The summed E-state index contributed by atoms with van der Waals surface area (Å²) in [6.07, 6.45) is 3.79. The zero-order valence-corrected chi connectivity index (χ0v) is 14.4. The summed E-state index contributed by atoms with van der Waals surface area (Å²) in [6.45, 7) is 4.59. The third-order valence-corrected chi connectivity index (χ3v) is 3.64. The number of hydrogen-bond donors (Lipinski definition) is 1. The lowest BCUT2D eigenvalue weighted by atomic mass is 10.1. The quantitative estimate of drug-likeness (QED) is 0.744. The molecule has 3 rings (SSSR count). The topological polar surface area (TPSA) is 72.7 Å². The molecule has 0 aliphatic heterocycles. The van der Waals surface area contributed by atoms with Gasteiger partial charge in [-0.15, -0.1) is 5.10 Å². The number of carbonyl (C=O) groups excluding carboxylic acids is 1. The van der Waals surface area contributed by atoms with Gasteiger partial charge in [-0.2, -0.15) is 9.67 Å². The van der Waals surface area contributed by atoms with Crippen molar-refractivity contribution in [3.05, 3.63) is 60.4 Å². The van der Waals surface area contributed by atoms with Gasteiger partial charge in [0.25, 0.3) is 0 Å². The maximum atomic E-state index is 12.5. The van der Waals surface area contributed by atoms with E-state index in [4.69, 9.17) is 0 Å². The van der Waals surface area contributed by atoms with E-state index in [0.717, 1.165) is 11.1 Å². The molecule has 0 saturated heterocycles. The van der Waals surface area contributed by atoms with Gasteiger partial charge >= 0.3 is 0 Å². The molecular formula is C19H21N5O. The van der Waals surface area contributed by atoms with Crippen molar-refractivity contribution in [2.24, 2.45) is 5.92 Å². The Hall–Kier alpha value is -3.02. The van der Waals surface area contributed by atoms with Gasteiger partial charge in [0.1, 0.15) is 0 Å². The van der Waals surface area contributed by atoms with Crippen LogP contribution in [0.5, 0.6) is 0 Å². The first kappa shape index (κ1) is 16.8. The molecule has 0 amide bonds. The highest BCUT2D eigenvalue weighted by Crippen LogP contribution is 2.18. The minimum Gasteiger partial charge on any atom is -0.350 e. The Kier molecular flexibility index (Phi) is 5.18. The van der Waals surface area contributed by atoms with Gasteiger partial charge in [-0.05, 0) is 23.6 Å². The molecule has 2 heterocycles. The summed E-state index contributed by atoms with van der Waals surface area (Å²) in [4.78, 5) is 21.1. The van der Waals surface area contributed by atoms with Crippen molar-refractivity contribution >= 4 is 11.9 Å². The standard InChI is InChI=1S/C19H21N5O/c1-14(2)11-17(25)24-19(21-12-15-7-4-3-5-8-15)22-18(23-24)16-9-6-10-20-13-16/h3-10,13-14H,11-12H2,1-2H3,(H,21,22,23). The van der Waals surface area contributed by atoms with Crippen LogP contribution in [0.3, 0.4) is 0 Å². The Morgan fingerprint density at radius 2 is 1.96 bits per heavy atom. The molecule has 0 unspecified atom stereocenters. The van der Waals surface area contributed by atoms with Gasteiger partial charge in [0.2, 0.25) is 11.9 Å². The van der Waals surface area contributed by atoms with Gasteiger partial charge in [0.15, 0.2) is 5.82 Å². The highest BCUT2D eigenvalue weighted by Gasteiger charge is 2.18. The number of rotatable bonds is 6. The minimum absolute atomic E-state index is 0.0757. The zero-order chi connectivity index (χ0) is 17.6. The van der Waals surface area contributed by atoms with Crippen molar-refractivity contribution < 1.29 is 4.79 Å². The van der Waals surface area contributed by atoms with Crippen LogP contribution in [-0.2, 0) is 6.54 Å². The van der Waals surface area contributed by atoms with Crippen LogP contribution in [0.1, 0.15) is 30.6 Å². The van der Waals surface area contributed by atoms with E-state index in [1.54, 1.807) is 12.4 Å². The molecule has 1 N–H and O–H groups in total. The maximum absolute atomic E-state index is 12.5. The summed E-state index contributed by atoms with van der Waals surface area (Å²) >= 11 is 0. The van der Waals surface area contributed by atoms with Crippen molar-refractivity contribution in [3.63, 3.8) is 0 Å². The third kappa shape index (κ3) is 4.29. The first-order valence-corrected chi connectivity index (χ1v) is 8.32. The zero-order valence-electron chi connectivity index (χ0n) is 14.4. The number of hydrogen-bond acceptors (Lipinski definition) is 5. The fourth-order valence-electron chi connectivity index (χ4n) is 2.43. The smallest absolute Gasteiger partial charge is 0.250 e. The molecule has 25 heavy (non-hydrogen) atoms. The molecule has 0 fully saturated rings.